The van der Waals surface area contributed by atoms with Crippen LogP contribution in [0.15, 0.2) is 23.1 Å². The summed E-state index contributed by atoms with van der Waals surface area (Å²) in [4.78, 5) is 1.35. The monoisotopic (exact) mass is 331 g/mol. The largest absolute Gasteiger partial charge is 0.744 e. The molecule has 0 fully saturated rings. The summed E-state index contributed by atoms with van der Waals surface area (Å²) < 4.78 is 31.5. The Bertz CT molecular complexity index is 519. The standard InChI is InChI=1S/C9H21N.C6H8N2O3S/c1-4-7-10(8-5-2)9-6-3;7-4-1-2-6(5(8)3-4)12(9,10)11/h4-9H2,1-3H3;1-3H,7-8H2,(H,9,10,11). The van der Waals surface area contributed by atoms with Crippen LogP contribution in [0.2, 0.25) is 0 Å². The first-order chi connectivity index (χ1) is 10.3. The number of hydrogen-bond donors (Lipinski definition) is 3. The van der Waals surface area contributed by atoms with Crippen LogP contribution >= 0.6 is 0 Å². The molecule has 22 heavy (non-hydrogen) atoms. The van der Waals surface area contributed by atoms with Crippen LogP contribution in [0.1, 0.15) is 40.0 Å². The highest BCUT2D eigenvalue weighted by atomic mass is 32.2. The van der Waals surface area contributed by atoms with E-state index in [4.69, 9.17) is 11.5 Å². The van der Waals surface area contributed by atoms with Gasteiger partial charge in [0.05, 0.1) is 30.2 Å². The highest BCUT2D eigenvalue weighted by Crippen LogP contribution is 2.19. The third-order valence-corrected chi connectivity index (χ3v) is 4.02. The second-order valence-corrected chi connectivity index (χ2v) is 6.60. The van der Waals surface area contributed by atoms with Gasteiger partial charge in [0.25, 0.3) is 0 Å². The van der Waals surface area contributed by atoms with Crippen LogP contribution in [0.4, 0.5) is 11.4 Å². The molecule has 1 aromatic rings. The third kappa shape index (κ3) is 8.21. The maximum Gasteiger partial charge on any atom is 0.126 e. The van der Waals surface area contributed by atoms with Gasteiger partial charge in [0.15, 0.2) is 0 Å². The van der Waals surface area contributed by atoms with Gasteiger partial charge in [-0.1, -0.05) is 20.8 Å². The van der Waals surface area contributed by atoms with E-state index >= 15 is 0 Å². The molecule has 0 radical (unpaired) electrons. The van der Waals surface area contributed by atoms with Crippen molar-refractivity contribution in [2.45, 2.75) is 44.9 Å². The average Bonchev–Trinajstić information content (AvgIpc) is 2.38. The first-order valence-electron chi connectivity index (χ1n) is 7.70. The maximum absolute atomic E-state index is 10.5. The molecule has 0 aliphatic carbocycles. The van der Waals surface area contributed by atoms with Crippen LogP contribution in [-0.2, 0) is 10.1 Å². The smallest absolute Gasteiger partial charge is 0.126 e. The van der Waals surface area contributed by atoms with E-state index in [1.54, 1.807) is 4.90 Å². The van der Waals surface area contributed by atoms with Crippen molar-refractivity contribution in [2.24, 2.45) is 0 Å². The van der Waals surface area contributed by atoms with Gasteiger partial charge in [-0.2, -0.15) is 0 Å². The van der Waals surface area contributed by atoms with Gasteiger partial charge in [0, 0.05) is 5.69 Å². The van der Waals surface area contributed by atoms with Crippen molar-refractivity contribution >= 4 is 21.5 Å². The fourth-order valence-electron chi connectivity index (χ4n) is 2.23. The van der Waals surface area contributed by atoms with E-state index in [1.807, 2.05) is 0 Å². The Morgan fingerprint density at radius 1 is 1.00 bits per heavy atom. The summed E-state index contributed by atoms with van der Waals surface area (Å²) in [6.45, 7) is 10.9. The lowest BCUT2D eigenvalue weighted by atomic mass is 10.3. The average molecular weight is 331 g/mol. The van der Waals surface area contributed by atoms with E-state index < -0.39 is 15.0 Å². The molecule has 0 heterocycles. The van der Waals surface area contributed by atoms with Gasteiger partial charge in [-0.15, -0.1) is 0 Å². The SMILES string of the molecule is CCC[NH+](CCC)CCC.Nc1ccc(S(=O)(=O)[O-])c(N)c1. The Morgan fingerprint density at radius 2 is 1.45 bits per heavy atom. The molecule has 0 unspecified atom stereocenters. The zero-order chi connectivity index (χ0) is 17.2. The van der Waals surface area contributed by atoms with Crippen molar-refractivity contribution in [1.29, 1.82) is 0 Å². The molecule has 6 nitrogen and oxygen atoms in total. The normalized spacial score (nSPS) is 11.1. The lowest BCUT2D eigenvalue weighted by Crippen LogP contribution is -3.11. The zero-order valence-corrected chi connectivity index (χ0v) is 14.6. The van der Waals surface area contributed by atoms with E-state index in [2.05, 4.69) is 20.8 Å². The molecule has 0 amide bonds. The number of hydrogen-bond acceptors (Lipinski definition) is 5. The van der Waals surface area contributed by atoms with Crippen LogP contribution < -0.4 is 16.4 Å². The van der Waals surface area contributed by atoms with Gasteiger partial charge in [-0.3, -0.25) is 0 Å². The number of benzene rings is 1. The summed E-state index contributed by atoms with van der Waals surface area (Å²) in [7, 11) is -4.48. The molecule has 0 saturated heterocycles. The molecule has 0 bridgehead atoms. The van der Waals surface area contributed by atoms with Crippen LogP contribution in [-0.4, -0.2) is 32.6 Å². The molecule has 0 spiro atoms. The maximum atomic E-state index is 10.5. The van der Waals surface area contributed by atoms with Crippen molar-refractivity contribution in [1.82, 2.24) is 0 Å². The number of nitrogens with two attached hydrogens (primary N) is 2. The molecule has 128 valence electrons. The van der Waals surface area contributed by atoms with E-state index in [1.165, 1.54) is 51.0 Å². The molecule has 1 rings (SSSR count). The number of nitrogen functional groups attached to an aromatic ring is 2. The van der Waals surface area contributed by atoms with Gasteiger partial charge in [0.1, 0.15) is 10.1 Å². The second-order valence-electron chi connectivity index (χ2n) is 5.25. The molecule has 1 aromatic carbocycles. The topological polar surface area (TPSA) is 114 Å². The van der Waals surface area contributed by atoms with Crippen LogP contribution in [0.5, 0.6) is 0 Å². The van der Waals surface area contributed by atoms with Crippen molar-refractivity contribution in [3.8, 4) is 0 Å². The second kappa shape index (κ2) is 10.4. The van der Waals surface area contributed by atoms with Crippen LogP contribution in [0.25, 0.3) is 0 Å². The lowest BCUT2D eigenvalue weighted by molar-refractivity contribution is -0.900. The fraction of sp³-hybridized carbons (Fsp3) is 0.600. The first kappa shape index (κ1) is 20.7. The molecule has 0 aliphatic heterocycles. The molecular formula is C15H29N3O3S. The van der Waals surface area contributed by atoms with Gasteiger partial charge < -0.3 is 20.9 Å². The van der Waals surface area contributed by atoms with Crippen LogP contribution in [0.3, 0.4) is 0 Å². The zero-order valence-electron chi connectivity index (χ0n) is 13.8. The highest BCUT2D eigenvalue weighted by Gasteiger charge is 2.05. The van der Waals surface area contributed by atoms with E-state index in [9.17, 15) is 13.0 Å². The number of rotatable bonds is 7. The van der Waals surface area contributed by atoms with Crippen molar-refractivity contribution < 1.29 is 17.9 Å². The minimum atomic E-state index is -4.48. The number of nitrogens with one attached hydrogen (secondary N) is 1. The molecular weight excluding hydrogens is 302 g/mol. The summed E-state index contributed by atoms with van der Waals surface area (Å²) in [5.41, 5.74) is 10.7. The lowest BCUT2D eigenvalue weighted by Gasteiger charge is -2.16. The molecule has 0 aromatic heterocycles. The van der Waals surface area contributed by atoms with Gasteiger partial charge in [0.2, 0.25) is 0 Å². The summed E-state index contributed by atoms with van der Waals surface area (Å²) in [5.74, 6) is 0. The summed E-state index contributed by atoms with van der Waals surface area (Å²) >= 11 is 0. The van der Waals surface area contributed by atoms with E-state index in [0.29, 0.717) is 5.69 Å². The van der Waals surface area contributed by atoms with Gasteiger partial charge >= 0.3 is 0 Å². The fourth-order valence-corrected chi connectivity index (χ4v) is 2.81. The minimum Gasteiger partial charge on any atom is -0.744 e. The van der Waals surface area contributed by atoms with Gasteiger partial charge in [-0.25, -0.2) is 8.42 Å². The number of quaternary nitrogens is 1. The summed E-state index contributed by atoms with van der Waals surface area (Å²) in [5, 5.41) is 0. The Balaban J connectivity index is 0.000000409. The van der Waals surface area contributed by atoms with E-state index in [-0.39, 0.29) is 5.69 Å². The summed E-state index contributed by atoms with van der Waals surface area (Å²) in [6, 6.07) is 3.62. The number of anilines is 2. The Morgan fingerprint density at radius 3 is 1.77 bits per heavy atom. The summed E-state index contributed by atoms with van der Waals surface area (Å²) in [6.07, 6.45) is 3.99. The van der Waals surface area contributed by atoms with Crippen molar-refractivity contribution in [3.63, 3.8) is 0 Å². The molecule has 7 heteroatoms. The van der Waals surface area contributed by atoms with Crippen molar-refractivity contribution in [2.75, 3.05) is 31.1 Å². The molecule has 0 atom stereocenters. The predicted octanol–water partition coefficient (Wildman–Crippen LogP) is 0.856. The molecule has 5 N–H and O–H groups in total. The predicted molar refractivity (Wildman–Crippen MR) is 89.7 cm³/mol. The van der Waals surface area contributed by atoms with Crippen molar-refractivity contribution in [3.05, 3.63) is 18.2 Å². The van der Waals surface area contributed by atoms with E-state index in [0.717, 1.165) is 6.07 Å². The van der Waals surface area contributed by atoms with Crippen LogP contribution in [0, 0.1) is 0 Å². The Labute approximate surface area is 134 Å². The molecule has 0 aliphatic rings. The minimum absolute atomic E-state index is 0.120. The first-order valence-corrected chi connectivity index (χ1v) is 9.11. The molecule has 0 saturated carbocycles. The highest BCUT2D eigenvalue weighted by molar-refractivity contribution is 7.86. The Hall–Kier alpha value is -1.31. The third-order valence-electron chi connectivity index (χ3n) is 3.11. The quantitative estimate of drug-likeness (QED) is 0.506. The van der Waals surface area contributed by atoms with Gasteiger partial charge in [-0.05, 0) is 37.5 Å². The Kier molecular flexibility index (Phi) is 9.80.